The van der Waals surface area contributed by atoms with Crippen LogP contribution in [0.3, 0.4) is 0 Å². The molecule has 6 nitrogen and oxygen atoms in total. The molecule has 0 bridgehead atoms. The lowest BCUT2D eigenvalue weighted by atomic mass is 10.1. The molecule has 1 amide bonds. The second-order valence-corrected chi connectivity index (χ2v) is 8.67. The van der Waals surface area contributed by atoms with Gasteiger partial charge < -0.3 is 9.47 Å². The lowest BCUT2D eigenvalue weighted by molar-refractivity contribution is 0.0985. The summed E-state index contributed by atoms with van der Waals surface area (Å²) in [7, 11) is 1.63. The summed E-state index contributed by atoms with van der Waals surface area (Å²) in [5.74, 6) is 1.38. The van der Waals surface area contributed by atoms with Crippen LogP contribution >= 0.6 is 11.3 Å². The number of hydrogen-bond donors (Lipinski definition) is 0. The molecule has 0 aliphatic heterocycles. The number of carbonyl (C=O) groups is 1. The van der Waals surface area contributed by atoms with Crippen LogP contribution in [0.5, 0.6) is 11.5 Å². The number of ether oxygens (including phenoxy) is 2. The van der Waals surface area contributed by atoms with Crippen LogP contribution in [0.2, 0.25) is 0 Å². The first-order chi connectivity index (χ1) is 16.2. The Morgan fingerprint density at radius 3 is 2.61 bits per heavy atom. The molecule has 0 aliphatic rings. The van der Waals surface area contributed by atoms with E-state index >= 15 is 0 Å². The van der Waals surface area contributed by atoms with Crippen molar-refractivity contribution in [2.24, 2.45) is 0 Å². The predicted molar refractivity (Wildman–Crippen MR) is 132 cm³/mol. The molecule has 0 atom stereocenters. The van der Waals surface area contributed by atoms with Crippen LogP contribution in [0.25, 0.3) is 10.2 Å². The van der Waals surface area contributed by atoms with Gasteiger partial charge in [0.15, 0.2) is 5.13 Å². The first-order valence-corrected chi connectivity index (χ1v) is 11.9. The third-order valence-electron chi connectivity index (χ3n) is 5.24. The van der Waals surface area contributed by atoms with Gasteiger partial charge in [-0.05, 0) is 54.4 Å². The number of hydrogen-bond acceptors (Lipinski definition) is 6. The quantitative estimate of drug-likeness (QED) is 0.266. The molecule has 0 saturated heterocycles. The van der Waals surface area contributed by atoms with E-state index in [1.807, 2.05) is 54.6 Å². The number of rotatable bonds is 10. The fourth-order valence-corrected chi connectivity index (χ4v) is 4.37. The Bertz CT molecular complexity index is 1190. The van der Waals surface area contributed by atoms with Gasteiger partial charge in [-0.2, -0.15) is 0 Å². The smallest absolute Gasteiger partial charge is 0.260 e. The number of methoxy groups -OCH3 is 1. The van der Waals surface area contributed by atoms with E-state index in [1.165, 1.54) is 11.3 Å². The summed E-state index contributed by atoms with van der Waals surface area (Å²) in [4.78, 5) is 24.2. The zero-order valence-electron chi connectivity index (χ0n) is 18.9. The number of thiazole rings is 1. The Balaban J connectivity index is 1.60. The standard InChI is InChI=1S/C26H27N3O3S/c1-3-4-5-15-32-21-10-8-20(9-11-21)25(30)29(18-19-7-6-14-27-17-19)26-28-23-16-22(31-2)12-13-24(23)33-26/h6-14,16-17H,3-5,15,18H2,1-2H3. The van der Waals surface area contributed by atoms with Crippen LogP contribution in [0, 0.1) is 0 Å². The zero-order chi connectivity index (χ0) is 23.0. The second kappa shape index (κ2) is 10.9. The molecule has 0 saturated carbocycles. The monoisotopic (exact) mass is 461 g/mol. The molecule has 0 aliphatic carbocycles. The number of anilines is 1. The fraction of sp³-hybridized carbons (Fsp3) is 0.269. The number of carbonyl (C=O) groups excluding carboxylic acids is 1. The van der Waals surface area contributed by atoms with Gasteiger partial charge in [-0.15, -0.1) is 0 Å². The molecule has 0 unspecified atom stereocenters. The summed E-state index contributed by atoms with van der Waals surface area (Å²) < 4.78 is 12.1. The van der Waals surface area contributed by atoms with E-state index in [1.54, 1.807) is 24.4 Å². The maximum atomic E-state index is 13.6. The molecular weight excluding hydrogens is 434 g/mol. The maximum absolute atomic E-state index is 13.6. The number of fused-ring (bicyclic) bond motifs is 1. The topological polar surface area (TPSA) is 64.5 Å². The Morgan fingerprint density at radius 1 is 1.06 bits per heavy atom. The van der Waals surface area contributed by atoms with Gasteiger partial charge in [0.2, 0.25) is 0 Å². The average Bonchev–Trinajstić information content (AvgIpc) is 3.29. The summed E-state index contributed by atoms with van der Waals surface area (Å²) >= 11 is 1.48. The van der Waals surface area contributed by atoms with Crippen LogP contribution in [-0.2, 0) is 6.54 Å². The molecular formula is C26H27N3O3S. The molecule has 2 heterocycles. The van der Waals surface area contributed by atoms with E-state index in [2.05, 4.69) is 11.9 Å². The summed E-state index contributed by atoms with van der Waals surface area (Å²) in [6.07, 6.45) is 6.82. The van der Waals surface area contributed by atoms with Gasteiger partial charge in [0.25, 0.3) is 5.91 Å². The zero-order valence-corrected chi connectivity index (χ0v) is 19.7. The second-order valence-electron chi connectivity index (χ2n) is 7.66. The number of amides is 1. The molecule has 4 aromatic rings. The van der Waals surface area contributed by atoms with E-state index in [9.17, 15) is 4.79 Å². The maximum Gasteiger partial charge on any atom is 0.260 e. The van der Waals surface area contributed by atoms with Crippen molar-refractivity contribution < 1.29 is 14.3 Å². The van der Waals surface area contributed by atoms with E-state index in [0.717, 1.165) is 46.5 Å². The number of aromatic nitrogens is 2. The molecule has 7 heteroatoms. The van der Waals surface area contributed by atoms with Crippen LogP contribution in [-0.4, -0.2) is 29.6 Å². The highest BCUT2D eigenvalue weighted by molar-refractivity contribution is 7.22. The Kier molecular flexibility index (Phi) is 7.52. The predicted octanol–water partition coefficient (Wildman–Crippen LogP) is 6.12. The highest BCUT2D eigenvalue weighted by Crippen LogP contribution is 2.33. The minimum Gasteiger partial charge on any atom is -0.497 e. The Labute approximate surface area is 197 Å². The molecule has 0 spiro atoms. The normalized spacial score (nSPS) is 10.8. The molecule has 4 rings (SSSR count). The number of nitrogens with zero attached hydrogens (tertiary/aromatic N) is 3. The van der Waals surface area contributed by atoms with E-state index in [0.29, 0.717) is 23.8 Å². The minimum atomic E-state index is -0.123. The molecule has 0 fully saturated rings. The van der Waals surface area contributed by atoms with Gasteiger partial charge in [-0.1, -0.05) is 37.2 Å². The summed E-state index contributed by atoms with van der Waals surface area (Å²) in [6, 6.07) is 16.9. The lowest BCUT2D eigenvalue weighted by Gasteiger charge is -2.20. The summed E-state index contributed by atoms with van der Waals surface area (Å²) in [6.45, 7) is 3.22. The van der Waals surface area contributed by atoms with E-state index in [-0.39, 0.29) is 5.91 Å². The van der Waals surface area contributed by atoms with Crippen molar-refractivity contribution in [2.75, 3.05) is 18.6 Å². The Hall–Kier alpha value is -3.45. The lowest BCUT2D eigenvalue weighted by Crippen LogP contribution is -2.30. The fourth-order valence-electron chi connectivity index (χ4n) is 3.43. The van der Waals surface area contributed by atoms with Crippen LogP contribution in [0.1, 0.15) is 42.1 Å². The first kappa shape index (κ1) is 22.7. The SMILES string of the molecule is CCCCCOc1ccc(C(=O)N(Cc2cccnc2)c2nc3cc(OC)ccc3s2)cc1. The van der Waals surface area contributed by atoms with Crippen LogP contribution < -0.4 is 14.4 Å². The average molecular weight is 462 g/mol. The number of unbranched alkanes of at least 4 members (excludes halogenated alkanes) is 2. The van der Waals surface area contributed by atoms with Crippen molar-refractivity contribution in [3.8, 4) is 11.5 Å². The van der Waals surface area contributed by atoms with Gasteiger partial charge in [0, 0.05) is 24.0 Å². The van der Waals surface area contributed by atoms with Crippen molar-refractivity contribution >= 4 is 32.6 Å². The van der Waals surface area contributed by atoms with Gasteiger partial charge in [0.1, 0.15) is 11.5 Å². The largest absolute Gasteiger partial charge is 0.497 e. The van der Waals surface area contributed by atoms with Crippen molar-refractivity contribution in [2.45, 2.75) is 32.7 Å². The van der Waals surface area contributed by atoms with Gasteiger partial charge >= 0.3 is 0 Å². The van der Waals surface area contributed by atoms with Crippen molar-refractivity contribution in [3.63, 3.8) is 0 Å². The summed E-state index contributed by atoms with van der Waals surface area (Å²) in [5, 5.41) is 0.631. The number of benzene rings is 2. The summed E-state index contributed by atoms with van der Waals surface area (Å²) in [5.41, 5.74) is 2.31. The molecule has 2 aromatic carbocycles. The van der Waals surface area contributed by atoms with Crippen molar-refractivity contribution in [1.29, 1.82) is 0 Å². The molecule has 170 valence electrons. The molecule has 33 heavy (non-hydrogen) atoms. The molecule has 2 aromatic heterocycles. The van der Waals surface area contributed by atoms with E-state index in [4.69, 9.17) is 14.5 Å². The van der Waals surface area contributed by atoms with Crippen LogP contribution in [0.15, 0.2) is 67.0 Å². The third-order valence-corrected chi connectivity index (χ3v) is 6.30. The Morgan fingerprint density at radius 2 is 1.88 bits per heavy atom. The van der Waals surface area contributed by atoms with Gasteiger partial charge in [0.05, 0.1) is 30.5 Å². The minimum absolute atomic E-state index is 0.123. The number of pyridine rings is 1. The van der Waals surface area contributed by atoms with Crippen molar-refractivity contribution in [1.82, 2.24) is 9.97 Å². The molecule has 0 N–H and O–H groups in total. The first-order valence-electron chi connectivity index (χ1n) is 11.1. The third kappa shape index (κ3) is 5.68. The van der Waals surface area contributed by atoms with Gasteiger partial charge in [-0.25, -0.2) is 4.98 Å². The van der Waals surface area contributed by atoms with Crippen LogP contribution in [0.4, 0.5) is 5.13 Å². The van der Waals surface area contributed by atoms with E-state index < -0.39 is 0 Å². The molecule has 0 radical (unpaired) electrons. The highest BCUT2D eigenvalue weighted by Gasteiger charge is 2.22. The highest BCUT2D eigenvalue weighted by atomic mass is 32.1. The van der Waals surface area contributed by atoms with Crippen molar-refractivity contribution in [3.05, 3.63) is 78.1 Å². The van der Waals surface area contributed by atoms with Gasteiger partial charge in [-0.3, -0.25) is 14.7 Å².